The monoisotopic (exact) mass is 263 g/mol. The molecule has 18 heavy (non-hydrogen) atoms. The van der Waals surface area contributed by atoms with Gasteiger partial charge in [-0.15, -0.1) is 11.8 Å². The number of hydrogen-bond donors (Lipinski definition) is 0. The van der Waals surface area contributed by atoms with Gasteiger partial charge in [0, 0.05) is 6.42 Å². The molecule has 0 aliphatic carbocycles. The van der Waals surface area contributed by atoms with Crippen molar-refractivity contribution in [3.8, 4) is 0 Å². The number of anilines is 1. The van der Waals surface area contributed by atoms with Gasteiger partial charge in [0.05, 0.1) is 10.9 Å². The quantitative estimate of drug-likeness (QED) is 0.787. The molecule has 1 unspecified atom stereocenters. The molecular weight excluding hydrogens is 246 g/mol. The van der Waals surface area contributed by atoms with Crippen LogP contribution in [-0.4, -0.2) is 22.8 Å². The molecule has 1 aromatic rings. The van der Waals surface area contributed by atoms with Crippen LogP contribution in [-0.2, 0) is 9.59 Å². The first-order valence-corrected chi connectivity index (χ1v) is 7.15. The highest BCUT2D eigenvalue weighted by Crippen LogP contribution is 2.33. The van der Waals surface area contributed by atoms with E-state index in [0.717, 1.165) is 22.6 Å². The summed E-state index contributed by atoms with van der Waals surface area (Å²) in [5.74, 6) is 0.706. The van der Waals surface area contributed by atoms with E-state index in [1.54, 1.807) is 11.8 Å². The number of amides is 2. The zero-order valence-corrected chi connectivity index (χ0v) is 11.7. The molecule has 96 valence electrons. The van der Waals surface area contributed by atoms with Crippen molar-refractivity contribution in [2.24, 2.45) is 0 Å². The van der Waals surface area contributed by atoms with E-state index in [2.05, 4.69) is 0 Å². The lowest BCUT2D eigenvalue weighted by molar-refractivity contribution is -0.121. The number of thioether (sulfide) groups is 1. The molecule has 1 heterocycles. The molecule has 0 radical (unpaired) electrons. The summed E-state index contributed by atoms with van der Waals surface area (Å²) in [7, 11) is 0. The molecule has 0 N–H and O–H groups in total. The van der Waals surface area contributed by atoms with E-state index in [1.807, 2.05) is 39.0 Å². The molecule has 1 saturated heterocycles. The number of hydrogen-bond acceptors (Lipinski definition) is 3. The second-order valence-electron chi connectivity index (χ2n) is 4.46. The van der Waals surface area contributed by atoms with Crippen LogP contribution in [0.3, 0.4) is 0 Å². The Morgan fingerprint density at radius 1 is 1.28 bits per heavy atom. The average Bonchev–Trinajstić information content (AvgIpc) is 2.57. The van der Waals surface area contributed by atoms with Crippen LogP contribution in [0.4, 0.5) is 5.69 Å². The summed E-state index contributed by atoms with van der Waals surface area (Å²) >= 11 is 1.55. The second-order valence-corrected chi connectivity index (χ2v) is 5.94. The van der Waals surface area contributed by atoms with E-state index in [0.29, 0.717) is 6.42 Å². The molecule has 0 aromatic heterocycles. The smallest absolute Gasteiger partial charge is 0.247 e. The van der Waals surface area contributed by atoms with Crippen LogP contribution in [0.5, 0.6) is 0 Å². The van der Waals surface area contributed by atoms with E-state index < -0.39 is 0 Å². The molecule has 0 saturated carbocycles. The SMILES string of the molecule is CCSC1CC(=O)N(c2c(C)cccc2C)C1=O. The second kappa shape index (κ2) is 5.14. The summed E-state index contributed by atoms with van der Waals surface area (Å²) in [4.78, 5) is 25.7. The van der Waals surface area contributed by atoms with Gasteiger partial charge in [-0.1, -0.05) is 25.1 Å². The fraction of sp³-hybridized carbons (Fsp3) is 0.429. The van der Waals surface area contributed by atoms with Crippen molar-refractivity contribution in [1.29, 1.82) is 0 Å². The molecule has 1 fully saturated rings. The van der Waals surface area contributed by atoms with Crippen molar-refractivity contribution in [2.75, 3.05) is 10.7 Å². The van der Waals surface area contributed by atoms with Gasteiger partial charge in [0.2, 0.25) is 11.8 Å². The standard InChI is InChI=1S/C14H17NO2S/c1-4-18-11-8-12(16)15(14(11)17)13-9(2)6-5-7-10(13)3/h5-7,11H,4,8H2,1-3H3. The molecule has 2 amide bonds. The Bertz CT molecular complexity index is 478. The van der Waals surface area contributed by atoms with Crippen molar-refractivity contribution >= 4 is 29.3 Å². The molecule has 1 atom stereocenters. The Balaban J connectivity index is 2.39. The summed E-state index contributed by atoms with van der Waals surface area (Å²) < 4.78 is 0. The highest BCUT2D eigenvalue weighted by atomic mass is 32.2. The third kappa shape index (κ3) is 2.17. The first-order chi connectivity index (χ1) is 8.56. The maximum absolute atomic E-state index is 12.3. The van der Waals surface area contributed by atoms with Crippen LogP contribution in [0.25, 0.3) is 0 Å². The van der Waals surface area contributed by atoms with Crippen molar-refractivity contribution in [3.05, 3.63) is 29.3 Å². The molecule has 1 aliphatic heterocycles. The van der Waals surface area contributed by atoms with Crippen molar-refractivity contribution in [1.82, 2.24) is 0 Å². The Hall–Kier alpha value is -1.29. The fourth-order valence-electron chi connectivity index (χ4n) is 2.33. The molecule has 1 aromatic carbocycles. The fourth-order valence-corrected chi connectivity index (χ4v) is 3.24. The van der Waals surface area contributed by atoms with E-state index in [1.165, 1.54) is 4.90 Å². The topological polar surface area (TPSA) is 37.4 Å². The van der Waals surface area contributed by atoms with Gasteiger partial charge in [0.25, 0.3) is 0 Å². The molecule has 1 aliphatic rings. The molecular formula is C14H17NO2S. The maximum Gasteiger partial charge on any atom is 0.247 e. The van der Waals surface area contributed by atoms with Gasteiger partial charge in [-0.3, -0.25) is 9.59 Å². The Labute approximate surface area is 112 Å². The largest absolute Gasteiger partial charge is 0.274 e. The number of carbonyl (C=O) groups excluding carboxylic acids is 2. The van der Waals surface area contributed by atoms with Crippen molar-refractivity contribution < 1.29 is 9.59 Å². The van der Waals surface area contributed by atoms with Crippen LogP contribution >= 0.6 is 11.8 Å². The van der Waals surface area contributed by atoms with E-state index in [4.69, 9.17) is 0 Å². The molecule has 4 heteroatoms. The van der Waals surface area contributed by atoms with Crippen molar-refractivity contribution in [3.63, 3.8) is 0 Å². The summed E-state index contributed by atoms with van der Waals surface area (Å²) in [5.41, 5.74) is 2.71. The Morgan fingerprint density at radius 3 is 2.44 bits per heavy atom. The minimum atomic E-state index is -0.207. The van der Waals surface area contributed by atoms with Gasteiger partial charge in [-0.25, -0.2) is 4.90 Å². The summed E-state index contributed by atoms with van der Waals surface area (Å²) in [6.45, 7) is 5.87. The third-order valence-electron chi connectivity index (χ3n) is 3.14. The Morgan fingerprint density at radius 2 is 1.89 bits per heavy atom. The van der Waals surface area contributed by atoms with Gasteiger partial charge >= 0.3 is 0 Å². The van der Waals surface area contributed by atoms with E-state index >= 15 is 0 Å². The lowest BCUT2D eigenvalue weighted by Gasteiger charge is -2.19. The number of rotatable bonds is 3. The highest BCUT2D eigenvalue weighted by molar-refractivity contribution is 8.00. The Kier molecular flexibility index (Phi) is 3.76. The zero-order chi connectivity index (χ0) is 13.3. The van der Waals surface area contributed by atoms with Crippen LogP contribution in [0.15, 0.2) is 18.2 Å². The lowest BCUT2D eigenvalue weighted by Crippen LogP contribution is -2.32. The number of imide groups is 1. The van der Waals surface area contributed by atoms with Crippen LogP contribution in [0, 0.1) is 13.8 Å². The minimum Gasteiger partial charge on any atom is -0.274 e. The molecule has 0 spiro atoms. The normalized spacial score (nSPS) is 19.7. The zero-order valence-electron chi connectivity index (χ0n) is 10.9. The van der Waals surface area contributed by atoms with E-state index in [-0.39, 0.29) is 17.1 Å². The van der Waals surface area contributed by atoms with Crippen LogP contribution < -0.4 is 4.90 Å². The predicted octanol–water partition coefficient (Wildman–Crippen LogP) is 2.69. The number of carbonyl (C=O) groups is 2. The first-order valence-electron chi connectivity index (χ1n) is 6.11. The third-order valence-corrected chi connectivity index (χ3v) is 4.24. The first kappa shape index (κ1) is 13.1. The summed E-state index contributed by atoms with van der Waals surface area (Å²) in [5, 5.41) is -0.207. The van der Waals surface area contributed by atoms with Gasteiger partial charge < -0.3 is 0 Å². The minimum absolute atomic E-state index is 0.0655. The molecule has 2 rings (SSSR count). The predicted molar refractivity (Wildman–Crippen MR) is 74.9 cm³/mol. The summed E-state index contributed by atoms with van der Waals surface area (Å²) in [6, 6.07) is 5.81. The maximum atomic E-state index is 12.3. The van der Waals surface area contributed by atoms with Gasteiger partial charge in [-0.2, -0.15) is 0 Å². The van der Waals surface area contributed by atoms with Crippen molar-refractivity contribution in [2.45, 2.75) is 32.4 Å². The molecule has 0 bridgehead atoms. The number of nitrogens with zero attached hydrogens (tertiary/aromatic N) is 1. The molecule has 3 nitrogen and oxygen atoms in total. The van der Waals surface area contributed by atoms with E-state index in [9.17, 15) is 9.59 Å². The van der Waals surface area contributed by atoms with Crippen LogP contribution in [0.2, 0.25) is 0 Å². The number of para-hydroxylation sites is 1. The van der Waals surface area contributed by atoms with Gasteiger partial charge in [0.1, 0.15) is 0 Å². The number of benzene rings is 1. The highest BCUT2D eigenvalue weighted by Gasteiger charge is 2.40. The number of aryl methyl sites for hydroxylation is 2. The van der Waals surface area contributed by atoms with Crippen LogP contribution in [0.1, 0.15) is 24.5 Å². The summed E-state index contributed by atoms with van der Waals surface area (Å²) in [6.07, 6.45) is 0.325. The van der Waals surface area contributed by atoms with Gasteiger partial charge in [0.15, 0.2) is 0 Å². The lowest BCUT2D eigenvalue weighted by atomic mass is 10.1. The average molecular weight is 263 g/mol. The van der Waals surface area contributed by atoms with Gasteiger partial charge in [-0.05, 0) is 30.7 Å².